The van der Waals surface area contributed by atoms with Crippen molar-refractivity contribution in [2.45, 2.75) is 12.2 Å². The number of thioether (sulfide) groups is 1. The third-order valence-corrected chi connectivity index (χ3v) is 2.99. The van der Waals surface area contributed by atoms with Crippen LogP contribution in [0.4, 0.5) is 0 Å². The highest BCUT2D eigenvalue weighted by Gasteiger charge is 1.90. The first kappa shape index (κ1) is 10.0. The largest absolute Gasteiger partial charge is 0.179 e. The molecule has 1 rings (SSSR count). The Bertz CT molecular complexity index is 196. The minimum absolute atomic E-state index is 1.00. The number of rotatable bonds is 5. The molecule has 0 aliphatic rings. The standard InChI is InChI=1S/C10H14S2/c11-7-4-8-12-9-10-5-2-1-3-6-10/h1-3,5-6,11H,4,7-9H2. The molecule has 0 nitrogen and oxygen atoms in total. The van der Waals surface area contributed by atoms with E-state index in [0.29, 0.717) is 0 Å². The predicted molar refractivity (Wildman–Crippen MR) is 61.1 cm³/mol. The topological polar surface area (TPSA) is 0 Å². The van der Waals surface area contributed by atoms with Crippen LogP contribution in [0.25, 0.3) is 0 Å². The molecule has 0 radical (unpaired) electrons. The highest BCUT2D eigenvalue weighted by molar-refractivity contribution is 7.98. The molecule has 0 fully saturated rings. The Morgan fingerprint density at radius 1 is 1.17 bits per heavy atom. The third kappa shape index (κ3) is 4.07. The molecule has 0 amide bonds. The molecular weight excluding hydrogens is 184 g/mol. The molecule has 0 spiro atoms. The average Bonchev–Trinajstić information content (AvgIpc) is 2.14. The molecule has 1 aromatic rings. The van der Waals surface area contributed by atoms with Crippen LogP contribution < -0.4 is 0 Å². The lowest BCUT2D eigenvalue weighted by molar-refractivity contribution is 1.13. The zero-order valence-electron chi connectivity index (χ0n) is 7.07. The summed E-state index contributed by atoms with van der Waals surface area (Å²) in [5.41, 5.74) is 1.42. The van der Waals surface area contributed by atoms with Crippen molar-refractivity contribution in [1.29, 1.82) is 0 Å². The van der Waals surface area contributed by atoms with Crippen LogP contribution in [0.15, 0.2) is 30.3 Å². The van der Waals surface area contributed by atoms with Gasteiger partial charge in [-0.15, -0.1) is 0 Å². The third-order valence-electron chi connectivity index (χ3n) is 1.56. The molecule has 0 atom stereocenters. The van der Waals surface area contributed by atoms with E-state index in [1.807, 2.05) is 11.8 Å². The van der Waals surface area contributed by atoms with Gasteiger partial charge in [-0.25, -0.2) is 0 Å². The van der Waals surface area contributed by atoms with Crippen LogP contribution in [0.2, 0.25) is 0 Å². The van der Waals surface area contributed by atoms with Crippen LogP contribution in [0.3, 0.4) is 0 Å². The summed E-state index contributed by atoms with van der Waals surface area (Å²) in [5.74, 6) is 3.36. The maximum Gasteiger partial charge on any atom is 0.0184 e. The fourth-order valence-corrected chi connectivity index (χ4v) is 2.22. The van der Waals surface area contributed by atoms with E-state index >= 15 is 0 Å². The second-order valence-electron chi connectivity index (χ2n) is 2.62. The smallest absolute Gasteiger partial charge is 0.0184 e. The number of thiol groups is 1. The van der Waals surface area contributed by atoms with Crippen molar-refractivity contribution in [3.8, 4) is 0 Å². The summed E-state index contributed by atoms with van der Waals surface area (Å²) in [5, 5.41) is 0. The van der Waals surface area contributed by atoms with Gasteiger partial charge in [0.15, 0.2) is 0 Å². The van der Waals surface area contributed by atoms with Gasteiger partial charge in [-0.3, -0.25) is 0 Å². The normalized spacial score (nSPS) is 10.1. The first-order valence-electron chi connectivity index (χ1n) is 4.16. The van der Waals surface area contributed by atoms with E-state index in [1.54, 1.807) is 0 Å². The van der Waals surface area contributed by atoms with Gasteiger partial charge in [0.2, 0.25) is 0 Å². The van der Waals surface area contributed by atoms with E-state index in [0.717, 1.165) is 11.5 Å². The lowest BCUT2D eigenvalue weighted by atomic mass is 10.2. The quantitative estimate of drug-likeness (QED) is 0.560. The van der Waals surface area contributed by atoms with Gasteiger partial charge in [0.25, 0.3) is 0 Å². The molecule has 0 aliphatic heterocycles. The van der Waals surface area contributed by atoms with E-state index in [-0.39, 0.29) is 0 Å². The zero-order chi connectivity index (χ0) is 8.65. The van der Waals surface area contributed by atoms with E-state index in [1.165, 1.54) is 17.7 Å². The number of hydrogen-bond acceptors (Lipinski definition) is 2. The summed E-state index contributed by atoms with van der Waals surface area (Å²) in [7, 11) is 0. The summed E-state index contributed by atoms with van der Waals surface area (Å²) >= 11 is 6.15. The van der Waals surface area contributed by atoms with Gasteiger partial charge in [-0.05, 0) is 23.5 Å². The Morgan fingerprint density at radius 2 is 1.92 bits per heavy atom. The molecule has 0 saturated heterocycles. The van der Waals surface area contributed by atoms with Crippen molar-refractivity contribution >= 4 is 24.4 Å². The molecular formula is C10H14S2. The SMILES string of the molecule is SCCCSCc1ccccc1. The van der Waals surface area contributed by atoms with E-state index in [9.17, 15) is 0 Å². The molecule has 0 saturated carbocycles. The van der Waals surface area contributed by atoms with Gasteiger partial charge in [-0.1, -0.05) is 30.3 Å². The Balaban J connectivity index is 2.16. The second kappa shape index (κ2) is 6.44. The predicted octanol–water partition coefficient (Wildman–Crippen LogP) is 3.24. The summed E-state index contributed by atoms with van der Waals surface area (Å²) in [6, 6.07) is 10.6. The fraction of sp³-hybridized carbons (Fsp3) is 0.400. The highest BCUT2D eigenvalue weighted by atomic mass is 32.2. The monoisotopic (exact) mass is 198 g/mol. The maximum atomic E-state index is 4.17. The summed E-state index contributed by atoms with van der Waals surface area (Å²) in [4.78, 5) is 0. The van der Waals surface area contributed by atoms with Crippen molar-refractivity contribution in [1.82, 2.24) is 0 Å². The second-order valence-corrected chi connectivity index (χ2v) is 4.17. The van der Waals surface area contributed by atoms with Gasteiger partial charge < -0.3 is 0 Å². The molecule has 0 aliphatic carbocycles. The van der Waals surface area contributed by atoms with Crippen LogP contribution in [0, 0.1) is 0 Å². The van der Waals surface area contributed by atoms with E-state index < -0.39 is 0 Å². The lowest BCUT2D eigenvalue weighted by Gasteiger charge is -1.99. The van der Waals surface area contributed by atoms with Crippen LogP contribution in [0.5, 0.6) is 0 Å². The van der Waals surface area contributed by atoms with Gasteiger partial charge in [0.05, 0.1) is 0 Å². The van der Waals surface area contributed by atoms with E-state index in [4.69, 9.17) is 0 Å². The molecule has 2 heteroatoms. The molecule has 0 heterocycles. The minimum atomic E-state index is 1.00. The summed E-state index contributed by atoms with van der Waals surface area (Å²) in [6.07, 6.45) is 1.21. The first-order chi connectivity index (χ1) is 5.93. The maximum absolute atomic E-state index is 4.17. The molecule has 0 aromatic heterocycles. The molecule has 0 N–H and O–H groups in total. The summed E-state index contributed by atoms with van der Waals surface area (Å²) in [6.45, 7) is 0. The number of hydrogen-bond donors (Lipinski definition) is 1. The Labute approximate surface area is 84.2 Å². The van der Waals surface area contributed by atoms with E-state index in [2.05, 4.69) is 43.0 Å². The van der Waals surface area contributed by atoms with Crippen molar-refractivity contribution in [2.24, 2.45) is 0 Å². The Morgan fingerprint density at radius 3 is 2.58 bits per heavy atom. The Hall–Kier alpha value is -0.0800. The van der Waals surface area contributed by atoms with Crippen LogP contribution in [0.1, 0.15) is 12.0 Å². The minimum Gasteiger partial charge on any atom is -0.179 e. The molecule has 66 valence electrons. The molecule has 0 unspecified atom stereocenters. The van der Waals surface area contributed by atoms with Crippen LogP contribution in [-0.2, 0) is 5.75 Å². The average molecular weight is 198 g/mol. The van der Waals surface area contributed by atoms with Gasteiger partial charge in [0.1, 0.15) is 0 Å². The van der Waals surface area contributed by atoms with Crippen LogP contribution in [-0.4, -0.2) is 11.5 Å². The number of benzene rings is 1. The molecule has 12 heavy (non-hydrogen) atoms. The zero-order valence-corrected chi connectivity index (χ0v) is 8.78. The molecule has 1 aromatic carbocycles. The van der Waals surface area contributed by atoms with Gasteiger partial charge in [0, 0.05) is 5.75 Å². The first-order valence-corrected chi connectivity index (χ1v) is 5.94. The van der Waals surface area contributed by atoms with Crippen LogP contribution >= 0.6 is 24.4 Å². The summed E-state index contributed by atoms with van der Waals surface area (Å²) < 4.78 is 0. The van der Waals surface area contributed by atoms with Gasteiger partial charge in [-0.2, -0.15) is 24.4 Å². The van der Waals surface area contributed by atoms with Crippen molar-refractivity contribution in [2.75, 3.05) is 11.5 Å². The van der Waals surface area contributed by atoms with Crippen molar-refractivity contribution in [3.05, 3.63) is 35.9 Å². The fourth-order valence-electron chi connectivity index (χ4n) is 0.931. The molecule has 0 bridgehead atoms. The van der Waals surface area contributed by atoms with Gasteiger partial charge >= 0.3 is 0 Å². The Kier molecular flexibility index (Phi) is 5.37. The van der Waals surface area contributed by atoms with Crippen molar-refractivity contribution < 1.29 is 0 Å². The highest BCUT2D eigenvalue weighted by Crippen LogP contribution is 2.12. The van der Waals surface area contributed by atoms with Crippen molar-refractivity contribution in [3.63, 3.8) is 0 Å². The lowest BCUT2D eigenvalue weighted by Crippen LogP contribution is -1.83.